The van der Waals surface area contributed by atoms with Crippen LogP contribution in [-0.4, -0.2) is 26.1 Å². The van der Waals surface area contributed by atoms with Gasteiger partial charge >= 0.3 is 5.97 Å². The zero-order chi connectivity index (χ0) is 15.1. The summed E-state index contributed by atoms with van der Waals surface area (Å²) in [5, 5.41) is 16.2. The monoisotopic (exact) mass is 293 g/mol. The summed E-state index contributed by atoms with van der Waals surface area (Å²) in [5.74, 6) is -5.47. The second-order valence-electron chi connectivity index (χ2n) is 4.20. The second kappa shape index (κ2) is 4.58. The molecule has 0 unspecified atom stereocenters. The molecule has 3 aromatic rings. The van der Waals surface area contributed by atoms with Gasteiger partial charge in [0, 0.05) is 0 Å². The van der Waals surface area contributed by atoms with Crippen molar-refractivity contribution in [1.82, 2.24) is 15.0 Å². The van der Waals surface area contributed by atoms with Gasteiger partial charge in [-0.2, -0.15) is 0 Å². The van der Waals surface area contributed by atoms with Gasteiger partial charge in [-0.25, -0.2) is 22.6 Å². The van der Waals surface area contributed by atoms with Crippen LogP contribution in [0.15, 0.2) is 30.3 Å². The molecule has 0 saturated carbocycles. The van der Waals surface area contributed by atoms with E-state index in [4.69, 9.17) is 5.11 Å². The quantitative estimate of drug-likeness (QED) is 0.737. The summed E-state index contributed by atoms with van der Waals surface area (Å²) in [5.41, 5.74) is 0.128. The Morgan fingerprint density at radius 1 is 1.10 bits per heavy atom. The lowest BCUT2D eigenvalue weighted by atomic mass is 10.2. The fourth-order valence-corrected chi connectivity index (χ4v) is 1.91. The predicted octanol–water partition coefficient (Wildman–Crippen LogP) is 2.54. The van der Waals surface area contributed by atoms with Gasteiger partial charge in [0.15, 0.2) is 17.5 Å². The topological polar surface area (TPSA) is 68.0 Å². The van der Waals surface area contributed by atoms with Crippen molar-refractivity contribution in [1.29, 1.82) is 0 Å². The number of rotatable bonds is 2. The van der Waals surface area contributed by atoms with Crippen molar-refractivity contribution < 1.29 is 23.1 Å². The maximum absolute atomic E-state index is 13.8. The molecule has 0 atom stereocenters. The molecule has 0 aliphatic carbocycles. The van der Waals surface area contributed by atoms with Crippen LogP contribution in [0.4, 0.5) is 13.2 Å². The van der Waals surface area contributed by atoms with Gasteiger partial charge in [-0.15, -0.1) is 5.10 Å². The van der Waals surface area contributed by atoms with E-state index in [2.05, 4.69) is 10.3 Å². The van der Waals surface area contributed by atoms with E-state index in [0.29, 0.717) is 0 Å². The van der Waals surface area contributed by atoms with Crippen molar-refractivity contribution in [3.8, 4) is 5.69 Å². The summed E-state index contributed by atoms with van der Waals surface area (Å²) in [7, 11) is 0. The molecule has 2 aromatic carbocycles. The van der Waals surface area contributed by atoms with Crippen LogP contribution in [0.3, 0.4) is 0 Å². The minimum atomic E-state index is -1.61. The number of hydrogen-bond acceptors (Lipinski definition) is 3. The fraction of sp³-hybridized carbons (Fsp3) is 0. The number of halogens is 3. The summed E-state index contributed by atoms with van der Waals surface area (Å²) in [6.07, 6.45) is 0. The average Bonchev–Trinajstić information content (AvgIpc) is 2.88. The lowest BCUT2D eigenvalue weighted by Crippen LogP contribution is -2.04. The van der Waals surface area contributed by atoms with Gasteiger partial charge in [0.2, 0.25) is 0 Å². The number of benzene rings is 2. The molecular weight excluding hydrogens is 287 g/mol. The van der Waals surface area contributed by atoms with Gasteiger partial charge in [0.1, 0.15) is 11.2 Å². The van der Waals surface area contributed by atoms with E-state index < -0.39 is 23.4 Å². The maximum atomic E-state index is 13.8. The lowest BCUT2D eigenvalue weighted by Gasteiger charge is -2.05. The Labute approximate surface area is 115 Å². The number of fused-ring (bicyclic) bond motifs is 1. The van der Waals surface area contributed by atoms with Crippen molar-refractivity contribution in [3.05, 3.63) is 53.3 Å². The number of nitrogens with zero attached hydrogens (tertiary/aromatic N) is 3. The number of carboxylic acids is 1. The molecule has 0 fully saturated rings. The largest absolute Gasteiger partial charge is 0.478 e. The Hall–Kier alpha value is -2.90. The Morgan fingerprint density at radius 2 is 1.86 bits per heavy atom. The van der Waals surface area contributed by atoms with Crippen LogP contribution in [0.2, 0.25) is 0 Å². The summed E-state index contributed by atoms with van der Waals surface area (Å²) >= 11 is 0. The molecule has 1 N–H and O–H groups in total. The number of carboxylic acid groups (broad SMARTS) is 1. The van der Waals surface area contributed by atoms with Crippen molar-refractivity contribution in [2.45, 2.75) is 0 Å². The minimum absolute atomic E-state index is 0.0136. The highest BCUT2D eigenvalue weighted by molar-refractivity contribution is 5.92. The predicted molar refractivity (Wildman–Crippen MR) is 65.7 cm³/mol. The summed E-state index contributed by atoms with van der Waals surface area (Å²) < 4.78 is 40.9. The normalized spacial score (nSPS) is 11.0. The zero-order valence-electron chi connectivity index (χ0n) is 10.2. The standard InChI is InChI=1S/C13H6F3N3O2/c14-7-2-4-10(12(16)11(7)15)19-9-3-1-6(13(20)21)5-8(9)17-18-19/h1-5H,(H,20,21). The van der Waals surface area contributed by atoms with Crippen molar-refractivity contribution in [2.75, 3.05) is 0 Å². The van der Waals surface area contributed by atoms with E-state index in [-0.39, 0.29) is 22.3 Å². The van der Waals surface area contributed by atoms with E-state index in [1.807, 2.05) is 0 Å². The number of hydrogen-bond donors (Lipinski definition) is 1. The third-order valence-corrected chi connectivity index (χ3v) is 2.94. The van der Waals surface area contributed by atoms with Crippen LogP contribution in [-0.2, 0) is 0 Å². The summed E-state index contributed by atoms with van der Waals surface area (Å²) in [6, 6.07) is 5.68. The molecule has 1 aromatic heterocycles. The third-order valence-electron chi connectivity index (χ3n) is 2.94. The van der Waals surface area contributed by atoms with Crippen molar-refractivity contribution >= 4 is 17.0 Å². The Kier molecular flexibility index (Phi) is 2.86. The SMILES string of the molecule is O=C(O)c1ccc2c(c1)nnn2-c1ccc(F)c(F)c1F. The first kappa shape index (κ1) is 13.1. The van der Waals surface area contributed by atoms with E-state index in [1.165, 1.54) is 18.2 Å². The van der Waals surface area contributed by atoms with Gasteiger partial charge in [-0.1, -0.05) is 5.21 Å². The molecular formula is C13H6F3N3O2. The minimum Gasteiger partial charge on any atom is -0.478 e. The molecule has 3 rings (SSSR count). The molecule has 8 heteroatoms. The van der Waals surface area contributed by atoms with Gasteiger partial charge in [0.25, 0.3) is 0 Å². The Bertz CT molecular complexity index is 876. The van der Waals surface area contributed by atoms with Crippen LogP contribution in [0.25, 0.3) is 16.7 Å². The van der Waals surface area contributed by atoms with Gasteiger partial charge < -0.3 is 5.11 Å². The van der Waals surface area contributed by atoms with Crippen LogP contribution in [0.5, 0.6) is 0 Å². The lowest BCUT2D eigenvalue weighted by molar-refractivity contribution is 0.0697. The van der Waals surface area contributed by atoms with E-state index in [1.54, 1.807) is 0 Å². The molecule has 0 amide bonds. The Balaban J connectivity index is 2.22. The first-order chi connectivity index (χ1) is 9.99. The van der Waals surface area contributed by atoms with Crippen molar-refractivity contribution in [2.24, 2.45) is 0 Å². The third kappa shape index (κ3) is 2.00. The molecule has 0 spiro atoms. The van der Waals surface area contributed by atoms with Crippen molar-refractivity contribution in [3.63, 3.8) is 0 Å². The first-order valence-electron chi connectivity index (χ1n) is 5.71. The fourth-order valence-electron chi connectivity index (χ4n) is 1.91. The van der Waals surface area contributed by atoms with E-state index in [9.17, 15) is 18.0 Å². The molecule has 0 radical (unpaired) electrons. The second-order valence-corrected chi connectivity index (χ2v) is 4.20. The molecule has 0 aliphatic heterocycles. The van der Waals surface area contributed by atoms with Crippen LogP contribution in [0, 0.1) is 17.5 Å². The number of aromatic carboxylic acids is 1. The van der Waals surface area contributed by atoms with Crippen LogP contribution >= 0.6 is 0 Å². The van der Waals surface area contributed by atoms with Gasteiger partial charge in [-0.3, -0.25) is 0 Å². The molecule has 106 valence electrons. The van der Waals surface area contributed by atoms with E-state index >= 15 is 0 Å². The number of aromatic nitrogens is 3. The molecule has 0 saturated heterocycles. The highest BCUT2D eigenvalue weighted by Crippen LogP contribution is 2.22. The molecule has 21 heavy (non-hydrogen) atoms. The zero-order valence-corrected chi connectivity index (χ0v) is 10.2. The highest BCUT2D eigenvalue weighted by atomic mass is 19.2. The average molecular weight is 293 g/mol. The van der Waals surface area contributed by atoms with Crippen LogP contribution in [0.1, 0.15) is 10.4 Å². The summed E-state index contributed by atoms with van der Waals surface area (Å²) in [6.45, 7) is 0. The maximum Gasteiger partial charge on any atom is 0.335 e. The highest BCUT2D eigenvalue weighted by Gasteiger charge is 2.18. The summed E-state index contributed by atoms with van der Waals surface area (Å²) in [4.78, 5) is 10.9. The molecule has 0 bridgehead atoms. The number of carbonyl (C=O) groups is 1. The molecule has 0 aliphatic rings. The smallest absolute Gasteiger partial charge is 0.335 e. The van der Waals surface area contributed by atoms with Gasteiger partial charge in [0.05, 0.1) is 11.1 Å². The molecule has 5 nitrogen and oxygen atoms in total. The Morgan fingerprint density at radius 3 is 2.57 bits per heavy atom. The molecule has 1 heterocycles. The van der Waals surface area contributed by atoms with Crippen LogP contribution < -0.4 is 0 Å². The van der Waals surface area contributed by atoms with Gasteiger partial charge in [-0.05, 0) is 30.3 Å². The first-order valence-corrected chi connectivity index (χ1v) is 5.71. The van der Waals surface area contributed by atoms with E-state index in [0.717, 1.165) is 16.8 Å².